The zero-order chi connectivity index (χ0) is 25.0. The Hall–Kier alpha value is -2.08. The van der Waals surface area contributed by atoms with E-state index in [0.29, 0.717) is 22.8 Å². The normalized spacial score (nSPS) is 35.2. The van der Waals surface area contributed by atoms with E-state index in [1.807, 2.05) is 0 Å². The van der Waals surface area contributed by atoms with Crippen molar-refractivity contribution in [2.24, 2.45) is 5.92 Å². The van der Waals surface area contributed by atoms with Crippen molar-refractivity contribution in [2.75, 3.05) is 6.61 Å². The van der Waals surface area contributed by atoms with E-state index in [0.717, 1.165) is 12.8 Å². The van der Waals surface area contributed by atoms with Gasteiger partial charge in [0.25, 0.3) is 5.91 Å². The second-order valence-electron chi connectivity index (χ2n) is 9.80. The molecule has 3 saturated carbocycles. The van der Waals surface area contributed by atoms with E-state index in [2.05, 4.69) is 15.4 Å². The second-order valence-corrected chi connectivity index (χ2v) is 10.2. The standard InChI is InChI=1S/C23H26ClF3N2O6/c24-11-1-2-18-14(5-11)17(30)8-19(34-18)21(32)28-16-9-22(4-3-15(16)22)29-20(31)10-33-12-6-13(7-12)35-23(25,26)27/h1-2,5,12-13,15-17,19,30H,3-4,6-10H2,(H,28,32)(H,29,31)/t12-,13+,15?,16?,17-,19-,22?/m1/s1. The van der Waals surface area contributed by atoms with E-state index >= 15 is 0 Å². The van der Waals surface area contributed by atoms with Crippen molar-refractivity contribution in [3.05, 3.63) is 28.8 Å². The molecule has 0 spiro atoms. The van der Waals surface area contributed by atoms with Gasteiger partial charge in [-0.25, -0.2) is 0 Å². The minimum Gasteiger partial charge on any atom is -0.480 e. The third kappa shape index (κ3) is 5.09. The zero-order valence-electron chi connectivity index (χ0n) is 18.6. The van der Waals surface area contributed by atoms with Gasteiger partial charge in [-0.2, -0.15) is 0 Å². The molecule has 5 atom stereocenters. The van der Waals surface area contributed by atoms with Gasteiger partial charge >= 0.3 is 6.36 Å². The fourth-order valence-electron chi connectivity index (χ4n) is 5.53. The molecule has 4 aliphatic rings. The molecule has 1 aliphatic heterocycles. The molecule has 5 rings (SSSR count). The highest BCUT2D eigenvalue weighted by Crippen LogP contribution is 2.54. The fraction of sp³-hybridized carbons (Fsp3) is 0.652. The van der Waals surface area contributed by atoms with E-state index in [9.17, 15) is 27.9 Å². The lowest BCUT2D eigenvalue weighted by atomic mass is 9.50. The summed E-state index contributed by atoms with van der Waals surface area (Å²) in [6.07, 6.45) is -5.18. The molecule has 35 heavy (non-hydrogen) atoms. The highest BCUT2D eigenvalue weighted by Gasteiger charge is 2.61. The van der Waals surface area contributed by atoms with Crippen LogP contribution in [0.1, 0.15) is 50.2 Å². The molecule has 0 bridgehead atoms. The molecule has 3 fully saturated rings. The largest absolute Gasteiger partial charge is 0.522 e. The van der Waals surface area contributed by atoms with Crippen LogP contribution in [0, 0.1) is 5.92 Å². The highest BCUT2D eigenvalue weighted by molar-refractivity contribution is 6.30. The van der Waals surface area contributed by atoms with Crippen molar-refractivity contribution in [1.29, 1.82) is 0 Å². The Morgan fingerprint density at radius 3 is 2.66 bits per heavy atom. The number of aliphatic hydroxyl groups excluding tert-OH is 1. The molecule has 0 radical (unpaired) electrons. The quantitative estimate of drug-likeness (QED) is 0.512. The lowest BCUT2D eigenvalue weighted by Crippen LogP contribution is -2.76. The Balaban J connectivity index is 1.05. The van der Waals surface area contributed by atoms with Crippen molar-refractivity contribution in [3.8, 4) is 5.75 Å². The molecule has 0 saturated heterocycles. The molecule has 1 aromatic carbocycles. The van der Waals surface area contributed by atoms with Crippen LogP contribution in [0.5, 0.6) is 5.75 Å². The Kier molecular flexibility index (Phi) is 6.40. The maximum atomic E-state index is 12.8. The lowest BCUT2D eigenvalue weighted by molar-refractivity contribution is -0.357. The number of rotatable bonds is 7. The molecule has 3 aliphatic carbocycles. The highest BCUT2D eigenvalue weighted by atomic mass is 35.5. The number of halogens is 4. The minimum atomic E-state index is -4.66. The van der Waals surface area contributed by atoms with Crippen LogP contribution in [0.3, 0.4) is 0 Å². The first-order valence-electron chi connectivity index (χ1n) is 11.6. The Labute approximate surface area is 204 Å². The average Bonchev–Trinajstić information content (AvgIpc) is 2.73. The molecular formula is C23H26ClF3N2O6. The van der Waals surface area contributed by atoms with E-state index in [-0.39, 0.29) is 49.6 Å². The van der Waals surface area contributed by atoms with Crippen LogP contribution in [0.2, 0.25) is 5.02 Å². The monoisotopic (exact) mass is 518 g/mol. The molecule has 2 amide bonds. The summed E-state index contributed by atoms with van der Waals surface area (Å²) in [5, 5.41) is 16.8. The maximum absolute atomic E-state index is 12.8. The van der Waals surface area contributed by atoms with Crippen LogP contribution < -0.4 is 15.4 Å². The molecule has 8 nitrogen and oxygen atoms in total. The summed E-state index contributed by atoms with van der Waals surface area (Å²) in [5.74, 6) is -0.128. The number of aliphatic hydroxyl groups is 1. The van der Waals surface area contributed by atoms with E-state index in [1.54, 1.807) is 18.2 Å². The van der Waals surface area contributed by atoms with Crippen LogP contribution in [0.15, 0.2) is 18.2 Å². The topological polar surface area (TPSA) is 106 Å². The van der Waals surface area contributed by atoms with Crippen LogP contribution >= 0.6 is 11.6 Å². The van der Waals surface area contributed by atoms with Gasteiger partial charge in [0, 0.05) is 47.3 Å². The van der Waals surface area contributed by atoms with Gasteiger partial charge in [-0.15, -0.1) is 13.2 Å². The van der Waals surface area contributed by atoms with Crippen LogP contribution in [-0.4, -0.2) is 59.8 Å². The maximum Gasteiger partial charge on any atom is 0.522 e. The van der Waals surface area contributed by atoms with Crippen molar-refractivity contribution in [3.63, 3.8) is 0 Å². The molecule has 3 unspecified atom stereocenters. The first-order valence-corrected chi connectivity index (χ1v) is 12.0. The van der Waals surface area contributed by atoms with Gasteiger partial charge in [0.05, 0.1) is 18.3 Å². The van der Waals surface area contributed by atoms with Gasteiger partial charge < -0.3 is 25.2 Å². The first-order chi connectivity index (χ1) is 16.5. The summed E-state index contributed by atoms with van der Waals surface area (Å²) >= 11 is 5.97. The van der Waals surface area contributed by atoms with E-state index in [1.165, 1.54) is 0 Å². The third-order valence-corrected chi connectivity index (χ3v) is 7.76. The number of ether oxygens (including phenoxy) is 3. The summed E-state index contributed by atoms with van der Waals surface area (Å²) < 4.78 is 51.6. The van der Waals surface area contributed by atoms with Gasteiger partial charge in [-0.1, -0.05) is 11.6 Å². The average molecular weight is 519 g/mol. The molecule has 0 aromatic heterocycles. The summed E-state index contributed by atoms with van der Waals surface area (Å²) in [4.78, 5) is 25.1. The molecule has 1 heterocycles. The number of carbonyl (C=O) groups is 2. The van der Waals surface area contributed by atoms with Crippen LogP contribution in [-0.2, 0) is 19.1 Å². The number of fused-ring (bicyclic) bond motifs is 2. The summed E-state index contributed by atoms with van der Waals surface area (Å²) in [6, 6.07) is 4.77. The number of hydrogen-bond donors (Lipinski definition) is 3. The number of benzene rings is 1. The van der Waals surface area contributed by atoms with Gasteiger partial charge in [0.1, 0.15) is 12.4 Å². The number of nitrogens with one attached hydrogen (secondary N) is 2. The number of amides is 2. The van der Waals surface area contributed by atoms with Crippen molar-refractivity contribution >= 4 is 23.4 Å². The fourth-order valence-corrected chi connectivity index (χ4v) is 5.71. The minimum absolute atomic E-state index is 0.0864. The summed E-state index contributed by atoms with van der Waals surface area (Å²) in [5.41, 5.74) is 0.161. The predicted octanol–water partition coefficient (Wildman–Crippen LogP) is 2.76. The number of hydrogen-bond acceptors (Lipinski definition) is 6. The first kappa shape index (κ1) is 24.6. The van der Waals surface area contributed by atoms with Crippen LogP contribution in [0.4, 0.5) is 13.2 Å². The van der Waals surface area contributed by atoms with Crippen molar-refractivity contribution in [2.45, 2.75) is 80.9 Å². The SMILES string of the molecule is O=C(CO[C@H]1C[C@@H](OC(F)(F)F)C1)NC12CCC1C(NC(=O)[C@H]1C[C@@H](O)c3cc(Cl)ccc3O1)C2. The molecular weight excluding hydrogens is 493 g/mol. The van der Waals surface area contributed by atoms with Crippen LogP contribution in [0.25, 0.3) is 0 Å². The zero-order valence-corrected chi connectivity index (χ0v) is 19.4. The third-order valence-electron chi connectivity index (χ3n) is 7.53. The molecule has 192 valence electrons. The Bertz CT molecular complexity index is 1000. The summed E-state index contributed by atoms with van der Waals surface area (Å²) in [6.45, 7) is -0.230. The van der Waals surface area contributed by atoms with Crippen molar-refractivity contribution in [1.82, 2.24) is 10.6 Å². The second kappa shape index (κ2) is 9.10. The summed E-state index contributed by atoms with van der Waals surface area (Å²) in [7, 11) is 0. The van der Waals surface area contributed by atoms with E-state index < -0.39 is 36.3 Å². The Morgan fingerprint density at radius 2 is 2.00 bits per heavy atom. The van der Waals surface area contributed by atoms with Gasteiger partial charge in [0.15, 0.2) is 6.10 Å². The van der Waals surface area contributed by atoms with Gasteiger partial charge in [-0.3, -0.25) is 14.3 Å². The molecule has 3 N–H and O–H groups in total. The molecule has 1 aromatic rings. The van der Waals surface area contributed by atoms with Crippen molar-refractivity contribution < 1.29 is 42.1 Å². The van der Waals surface area contributed by atoms with E-state index in [4.69, 9.17) is 21.1 Å². The Morgan fingerprint density at radius 1 is 1.23 bits per heavy atom. The van der Waals surface area contributed by atoms with Gasteiger partial charge in [0.2, 0.25) is 5.91 Å². The molecule has 12 heteroatoms. The smallest absolute Gasteiger partial charge is 0.480 e. The predicted molar refractivity (Wildman–Crippen MR) is 115 cm³/mol. The van der Waals surface area contributed by atoms with Gasteiger partial charge in [-0.05, 0) is 37.5 Å². The lowest BCUT2D eigenvalue weighted by Gasteiger charge is -2.63. The number of carbonyl (C=O) groups excluding carboxylic acids is 2. The number of alkyl halides is 3.